The number of hydrogen-bond donors (Lipinski definition) is 3. The fourth-order valence-corrected chi connectivity index (χ4v) is 1.70. The molecule has 0 aliphatic rings. The second-order valence-corrected chi connectivity index (χ2v) is 5.25. The van der Waals surface area contributed by atoms with Gasteiger partial charge in [0.2, 0.25) is 0 Å². The van der Waals surface area contributed by atoms with E-state index in [9.17, 15) is 5.11 Å². The lowest BCUT2D eigenvalue weighted by Crippen LogP contribution is -2.37. The van der Waals surface area contributed by atoms with Crippen molar-refractivity contribution in [1.82, 2.24) is 5.32 Å². The average Bonchev–Trinajstić information content (AvgIpc) is 2.23. The van der Waals surface area contributed by atoms with Gasteiger partial charge >= 0.3 is 0 Å². The van der Waals surface area contributed by atoms with E-state index in [-0.39, 0.29) is 18.8 Å². The second-order valence-electron chi connectivity index (χ2n) is 5.25. The highest BCUT2D eigenvalue weighted by molar-refractivity contribution is 4.65. The van der Waals surface area contributed by atoms with Crippen LogP contribution in [0.3, 0.4) is 0 Å². The van der Waals surface area contributed by atoms with Crippen LogP contribution < -0.4 is 5.32 Å². The van der Waals surface area contributed by atoms with Gasteiger partial charge in [0.15, 0.2) is 0 Å². The van der Waals surface area contributed by atoms with Crippen LogP contribution in [0.1, 0.15) is 40.5 Å². The van der Waals surface area contributed by atoms with E-state index in [4.69, 9.17) is 9.84 Å². The smallest absolute Gasteiger partial charge is 0.0897 e. The minimum Gasteiger partial charge on any atom is -0.396 e. The Kier molecular flexibility index (Phi) is 9.74. The zero-order valence-corrected chi connectivity index (χ0v) is 11.6. The lowest BCUT2D eigenvalue weighted by molar-refractivity contribution is -0.00929. The molecule has 0 aliphatic carbocycles. The highest BCUT2D eigenvalue weighted by Gasteiger charge is 2.10. The molecule has 0 fully saturated rings. The van der Waals surface area contributed by atoms with E-state index in [1.54, 1.807) is 0 Å². The van der Waals surface area contributed by atoms with Crippen LogP contribution in [0.4, 0.5) is 0 Å². The first kappa shape index (κ1) is 16.8. The van der Waals surface area contributed by atoms with Crippen molar-refractivity contribution in [3.05, 3.63) is 0 Å². The molecule has 0 aromatic carbocycles. The van der Waals surface area contributed by atoms with Crippen molar-refractivity contribution in [2.75, 3.05) is 19.8 Å². The first-order chi connectivity index (χ1) is 7.95. The van der Waals surface area contributed by atoms with Crippen LogP contribution >= 0.6 is 0 Å². The molecule has 0 aromatic heterocycles. The monoisotopic (exact) mass is 247 g/mol. The molecule has 0 amide bonds. The van der Waals surface area contributed by atoms with E-state index in [0.717, 1.165) is 6.42 Å². The lowest BCUT2D eigenvalue weighted by atomic mass is 10.1. The third-order valence-electron chi connectivity index (χ3n) is 2.64. The van der Waals surface area contributed by atoms with Crippen LogP contribution in [0.2, 0.25) is 0 Å². The number of aliphatic hydroxyl groups is 2. The van der Waals surface area contributed by atoms with Crippen LogP contribution in [0, 0.1) is 5.92 Å². The summed E-state index contributed by atoms with van der Waals surface area (Å²) in [5.74, 6) is 0.616. The van der Waals surface area contributed by atoms with Gasteiger partial charge in [-0.2, -0.15) is 0 Å². The first-order valence-corrected chi connectivity index (χ1v) is 6.59. The molecule has 0 rings (SSSR count). The van der Waals surface area contributed by atoms with Crippen LogP contribution in [0.25, 0.3) is 0 Å². The zero-order chi connectivity index (χ0) is 13.3. The molecule has 17 heavy (non-hydrogen) atoms. The molecule has 4 heteroatoms. The Hall–Kier alpha value is -0.160. The minimum atomic E-state index is -0.481. The molecular formula is C13H29NO3. The maximum atomic E-state index is 9.70. The van der Waals surface area contributed by atoms with Crippen LogP contribution in [0.15, 0.2) is 0 Å². The molecule has 3 N–H and O–H groups in total. The maximum absolute atomic E-state index is 9.70. The van der Waals surface area contributed by atoms with Gasteiger partial charge in [-0.3, -0.25) is 0 Å². The summed E-state index contributed by atoms with van der Waals surface area (Å²) in [6.07, 6.45) is 1.43. The Morgan fingerprint density at radius 3 is 2.35 bits per heavy atom. The van der Waals surface area contributed by atoms with E-state index in [1.165, 1.54) is 0 Å². The summed E-state index contributed by atoms with van der Waals surface area (Å²) < 4.78 is 5.57. The maximum Gasteiger partial charge on any atom is 0.0897 e. The zero-order valence-electron chi connectivity index (χ0n) is 11.6. The predicted molar refractivity (Wildman–Crippen MR) is 70.0 cm³/mol. The van der Waals surface area contributed by atoms with Gasteiger partial charge in [0.25, 0.3) is 0 Å². The normalized spacial score (nSPS) is 17.1. The largest absolute Gasteiger partial charge is 0.396 e. The van der Waals surface area contributed by atoms with Crippen LogP contribution in [0.5, 0.6) is 0 Å². The Labute approximate surface area is 105 Å². The quantitative estimate of drug-likeness (QED) is 0.542. The summed E-state index contributed by atoms with van der Waals surface area (Å²) in [6.45, 7) is 9.40. The number of nitrogens with one attached hydrogen (secondary N) is 1. The molecule has 0 spiro atoms. The Balaban J connectivity index is 3.55. The summed E-state index contributed by atoms with van der Waals surface area (Å²) in [7, 11) is 0. The number of hydrogen-bond acceptors (Lipinski definition) is 4. The Morgan fingerprint density at radius 2 is 1.82 bits per heavy atom. The van der Waals surface area contributed by atoms with Gasteiger partial charge in [-0.1, -0.05) is 13.8 Å². The van der Waals surface area contributed by atoms with Gasteiger partial charge < -0.3 is 20.3 Å². The van der Waals surface area contributed by atoms with Gasteiger partial charge in [-0.25, -0.2) is 0 Å². The molecule has 0 aromatic rings. The summed E-state index contributed by atoms with van der Waals surface area (Å²) >= 11 is 0. The van der Waals surface area contributed by atoms with Crippen molar-refractivity contribution in [3.63, 3.8) is 0 Å². The highest BCUT2D eigenvalue weighted by Crippen LogP contribution is 2.07. The fraction of sp³-hybridized carbons (Fsp3) is 1.00. The molecule has 4 nitrogen and oxygen atoms in total. The number of ether oxygens (including phenoxy) is 1. The molecule has 104 valence electrons. The Morgan fingerprint density at radius 1 is 1.18 bits per heavy atom. The van der Waals surface area contributed by atoms with Crippen molar-refractivity contribution >= 4 is 0 Å². The molecule has 0 bridgehead atoms. The van der Waals surface area contributed by atoms with Crippen molar-refractivity contribution in [1.29, 1.82) is 0 Å². The third kappa shape index (κ3) is 10.7. The van der Waals surface area contributed by atoms with E-state index >= 15 is 0 Å². The molecule has 0 saturated carbocycles. The number of rotatable bonds is 10. The van der Waals surface area contributed by atoms with Crippen LogP contribution in [-0.2, 0) is 4.74 Å². The summed E-state index contributed by atoms with van der Waals surface area (Å²) in [5.41, 5.74) is 0. The lowest BCUT2D eigenvalue weighted by Gasteiger charge is -2.19. The average molecular weight is 247 g/mol. The van der Waals surface area contributed by atoms with Gasteiger partial charge in [0.1, 0.15) is 0 Å². The van der Waals surface area contributed by atoms with Gasteiger partial charge in [0, 0.05) is 19.2 Å². The molecule has 0 heterocycles. The van der Waals surface area contributed by atoms with E-state index in [1.807, 2.05) is 13.8 Å². The minimum absolute atomic E-state index is 0.173. The SMILES string of the molecule is CC(C)CC(C)OCC(O)CNC(C)CCO. The van der Waals surface area contributed by atoms with E-state index < -0.39 is 6.10 Å². The fourth-order valence-electron chi connectivity index (χ4n) is 1.70. The standard InChI is InChI=1S/C13H29NO3/c1-10(2)7-12(4)17-9-13(16)8-14-11(3)5-6-15/h10-16H,5-9H2,1-4H3. The van der Waals surface area contributed by atoms with Gasteiger partial charge in [0.05, 0.1) is 18.8 Å². The van der Waals surface area contributed by atoms with E-state index in [0.29, 0.717) is 25.5 Å². The summed E-state index contributed by atoms with van der Waals surface area (Å²) in [5, 5.41) is 21.6. The van der Waals surface area contributed by atoms with Crippen molar-refractivity contribution in [2.45, 2.75) is 58.8 Å². The third-order valence-corrected chi connectivity index (χ3v) is 2.64. The molecule has 0 radical (unpaired) electrons. The van der Waals surface area contributed by atoms with E-state index in [2.05, 4.69) is 19.2 Å². The molecular weight excluding hydrogens is 218 g/mol. The second kappa shape index (κ2) is 9.83. The molecule has 3 unspecified atom stereocenters. The molecule has 0 aliphatic heterocycles. The predicted octanol–water partition coefficient (Wildman–Crippen LogP) is 1.16. The molecule has 3 atom stereocenters. The van der Waals surface area contributed by atoms with Gasteiger partial charge in [-0.15, -0.1) is 0 Å². The van der Waals surface area contributed by atoms with Crippen LogP contribution in [-0.4, -0.2) is 48.2 Å². The summed E-state index contributed by atoms with van der Waals surface area (Å²) in [4.78, 5) is 0. The van der Waals surface area contributed by atoms with Crippen molar-refractivity contribution in [2.24, 2.45) is 5.92 Å². The molecule has 0 saturated heterocycles. The topological polar surface area (TPSA) is 61.7 Å². The highest BCUT2D eigenvalue weighted by atomic mass is 16.5. The van der Waals surface area contributed by atoms with Crippen molar-refractivity contribution < 1.29 is 14.9 Å². The Bertz CT molecular complexity index is 176. The summed E-state index contributed by atoms with van der Waals surface area (Å²) in [6, 6.07) is 0.225. The first-order valence-electron chi connectivity index (χ1n) is 6.59. The van der Waals surface area contributed by atoms with Crippen molar-refractivity contribution in [3.8, 4) is 0 Å². The van der Waals surface area contributed by atoms with Gasteiger partial charge in [-0.05, 0) is 32.6 Å². The number of aliphatic hydroxyl groups excluding tert-OH is 2.